The lowest BCUT2D eigenvalue weighted by atomic mass is 9.80. The average molecular weight is 354 g/mol. The summed E-state index contributed by atoms with van der Waals surface area (Å²) in [5, 5.41) is 23.4. The summed E-state index contributed by atoms with van der Waals surface area (Å²) in [6, 6.07) is 7.89. The number of allylic oxidation sites excluding steroid dienone is 1. The molecule has 1 aromatic carbocycles. The number of carboxylic acids is 1. The van der Waals surface area contributed by atoms with Crippen LogP contribution in [-0.2, 0) is 16.0 Å². The Bertz CT molecular complexity index is 860. The Hall–Kier alpha value is -2.86. The summed E-state index contributed by atoms with van der Waals surface area (Å²) in [4.78, 5) is 26.4. The van der Waals surface area contributed by atoms with E-state index < -0.39 is 17.8 Å². The first kappa shape index (κ1) is 17.9. The van der Waals surface area contributed by atoms with Gasteiger partial charge in [-0.25, -0.2) is 4.79 Å². The van der Waals surface area contributed by atoms with Crippen molar-refractivity contribution in [3.05, 3.63) is 60.0 Å². The molecule has 3 rings (SSSR count). The van der Waals surface area contributed by atoms with E-state index in [1.165, 1.54) is 11.6 Å². The van der Waals surface area contributed by atoms with Crippen LogP contribution in [0.5, 0.6) is 0 Å². The number of carbonyl (C=O) groups excluding carboxylic acids is 1. The van der Waals surface area contributed by atoms with E-state index in [1.807, 2.05) is 18.2 Å². The molecule has 1 aliphatic rings. The van der Waals surface area contributed by atoms with E-state index in [4.69, 9.17) is 0 Å². The molecule has 0 amide bonds. The molecule has 2 aromatic rings. The van der Waals surface area contributed by atoms with E-state index in [1.54, 1.807) is 0 Å². The lowest BCUT2D eigenvalue weighted by Crippen LogP contribution is -2.34. The number of aliphatic carboxylic acids is 1. The van der Waals surface area contributed by atoms with Gasteiger partial charge in [-0.1, -0.05) is 24.3 Å². The van der Waals surface area contributed by atoms with E-state index in [-0.39, 0.29) is 11.6 Å². The van der Waals surface area contributed by atoms with Crippen LogP contribution in [0.1, 0.15) is 23.7 Å². The number of carbonyl (C=O) groups is 2. The molecule has 1 unspecified atom stereocenters. The second-order valence-electron chi connectivity index (χ2n) is 6.50. The number of hydrogen-bond acceptors (Lipinski definition) is 4. The van der Waals surface area contributed by atoms with Crippen LogP contribution in [0.2, 0.25) is 0 Å². The number of aromatic amines is 1. The van der Waals surface area contributed by atoms with Gasteiger partial charge in [0, 0.05) is 34.5 Å². The lowest BCUT2D eigenvalue weighted by molar-refractivity contribution is -0.133. The predicted molar refractivity (Wildman–Crippen MR) is 99.0 cm³/mol. The first-order valence-corrected chi connectivity index (χ1v) is 8.59. The molecule has 6 heteroatoms. The number of H-pyrrole nitrogens is 1. The van der Waals surface area contributed by atoms with Crippen LogP contribution in [-0.4, -0.2) is 34.0 Å². The number of aliphatic hydroxyl groups excluding tert-OH is 1. The van der Waals surface area contributed by atoms with Crippen molar-refractivity contribution in [2.24, 2.45) is 11.8 Å². The van der Waals surface area contributed by atoms with Gasteiger partial charge in [-0.15, -0.1) is 6.58 Å². The van der Waals surface area contributed by atoms with Crippen LogP contribution in [0.4, 0.5) is 0 Å². The minimum absolute atomic E-state index is 0.146. The summed E-state index contributed by atoms with van der Waals surface area (Å²) < 4.78 is 0. The summed E-state index contributed by atoms with van der Waals surface area (Å²) in [6.45, 7) is 4.40. The van der Waals surface area contributed by atoms with Crippen molar-refractivity contribution in [1.82, 2.24) is 10.3 Å². The van der Waals surface area contributed by atoms with Gasteiger partial charge in [0.05, 0.1) is 11.8 Å². The van der Waals surface area contributed by atoms with Crippen LogP contribution in [0.15, 0.2) is 48.8 Å². The Kier molecular flexibility index (Phi) is 5.23. The van der Waals surface area contributed by atoms with Crippen molar-refractivity contribution in [2.75, 3.05) is 6.54 Å². The smallest absolute Gasteiger partial charge is 0.334 e. The Morgan fingerprint density at radius 3 is 2.81 bits per heavy atom. The topological polar surface area (TPSA) is 102 Å². The molecule has 0 aliphatic carbocycles. The normalized spacial score (nSPS) is 19.5. The van der Waals surface area contributed by atoms with Crippen LogP contribution >= 0.6 is 0 Å². The fourth-order valence-corrected chi connectivity index (χ4v) is 3.83. The van der Waals surface area contributed by atoms with Crippen LogP contribution in [0.25, 0.3) is 10.9 Å². The molecule has 1 aromatic heterocycles. The fraction of sp³-hybridized carbons (Fsp3) is 0.300. The zero-order chi connectivity index (χ0) is 18.7. The van der Waals surface area contributed by atoms with E-state index in [2.05, 4.69) is 22.9 Å². The molecule has 2 heterocycles. The number of fused-ring (bicyclic) bond motifs is 3. The fourth-order valence-electron chi connectivity index (χ4n) is 3.83. The number of benzene rings is 1. The second-order valence-corrected chi connectivity index (χ2v) is 6.50. The molecule has 0 spiro atoms. The quantitative estimate of drug-likeness (QED) is 0.265. The summed E-state index contributed by atoms with van der Waals surface area (Å²) in [7, 11) is 0. The molecular weight excluding hydrogens is 332 g/mol. The second kappa shape index (κ2) is 7.58. The van der Waals surface area contributed by atoms with E-state index in [0.29, 0.717) is 19.0 Å². The monoisotopic (exact) mass is 354 g/mol. The number of aliphatic hydroxyl groups is 1. The van der Waals surface area contributed by atoms with Gasteiger partial charge < -0.3 is 25.3 Å². The van der Waals surface area contributed by atoms with Crippen molar-refractivity contribution in [3.8, 4) is 0 Å². The van der Waals surface area contributed by atoms with Crippen LogP contribution in [0, 0.1) is 11.8 Å². The molecule has 3 atom stereocenters. The third kappa shape index (κ3) is 3.15. The van der Waals surface area contributed by atoms with Crippen molar-refractivity contribution in [1.29, 1.82) is 0 Å². The van der Waals surface area contributed by atoms with Gasteiger partial charge in [-0.2, -0.15) is 0 Å². The van der Waals surface area contributed by atoms with Gasteiger partial charge in [-0.05, 0) is 31.0 Å². The van der Waals surface area contributed by atoms with Crippen molar-refractivity contribution >= 4 is 23.2 Å². The number of rotatable bonds is 7. The number of carboxylic acid groups (broad SMARTS) is 1. The number of hydrogen-bond donors (Lipinski definition) is 4. The lowest BCUT2D eigenvalue weighted by Gasteiger charge is -2.30. The van der Waals surface area contributed by atoms with Crippen molar-refractivity contribution in [3.63, 3.8) is 0 Å². The Labute approximate surface area is 151 Å². The predicted octanol–water partition coefficient (Wildman–Crippen LogP) is 2.89. The maximum atomic E-state index is 11.5. The van der Waals surface area contributed by atoms with Gasteiger partial charge in [0.25, 0.3) is 0 Å². The molecule has 6 nitrogen and oxygen atoms in total. The zero-order valence-corrected chi connectivity index (χ0v) is 14.3. The summed E-state index contributed by atoms with van der Waals surface area (Å²) >= 11 is 0. The maximum absolute atomic E-state index is 11.5. The molecule has 26 heavy (non-hydrogen) atoms. The molecule has 0 saturated heterocycles. The standard InChI is InChI=1S/C20H22N2O4/c1-2-12(10-23)15(16(11-24)20(25)26)9-18-19-14(7-8-21-18)13-5-3-4-6-17(13)22-19/h2-6,10-12,15,18,21-22,24H,1,7-9H2,(H,25,26)/b16-11+/t12-,15-,18?/m0/s1. The van der Waals surface area contributed by atoms with Crippen LogP contribution in [0.3, 0.4) is 0 Å². The van der Waals surface area contributed by atoms with Gasteiger partial charge in [0.15, 0.2) is 0 Å². The molecule has 0 bridgehead atoms. The van der Waals surface area contributed by atoms with Crippen molar-refractivity contribution < 1.29 is 19.8 Å². The summed E-state index contributed by atoms with van der Waals surface area (Å²) in [6.07, 6.45) is 3.93. The van der Waals surface area contributed by atoms with E-state index in [0.717, 1.165) is 29.6 Å². The molecular formula is C20H22N2O4. The first-order valence-electron chi connectivity index (χ1n) is 8.59. The molecule has 136 valence electrons. The van der Waals surface area contributed by atoms with E-state index >= 15 is 0 Å². The van der Waals surface area contributed by atoms with Crippen molar-refractivity contribution in [2.45, 2.75) is 18.9 Å². The Morgan fingerprint density at radius 2 is 2.15 bits per heavy atom. The highest BCUT2D eigenvalue weighted by Gasteiger charge is 2.33. The minimum atomic E-state index is -1.24. The van der Waals surface area contributed by atoms with Gasteiger partial charge in [-0.3, -0.25) is 0 Å². The summed E-state index contributed by atoms with van der Waals surface area (Å²) in [5.41, 5.74) is 3.08. The molecule has 0 fully saturated rings. The third-order valence-corrected chi connectivity index (χ3v) is 5.13. The number of aromatic nitrogens is 1. The Morgan fingerprint density at radius 1 is 1.38 bits per heavy atom. The minimum Gasteiger partial charge on any atom is -0.515 e. The SMILES string of the molecule is C=C[C@@H](C=O)[C@H](CC1NCCc2c1[nH]c1ccccc21)/C(=C\O)C(=O)O. The third-order valence-electron chi connectivity index (χ3n) is 5.13. The number of aldehydes is 1. The van der Waals surface area contributed by atoms with E-state index in [9.17, 15) is 19.8 Å². The number of para-hydroxylation sites is 1. The van der Waals surface area contributed by atoms with Crippen LogP contribution < -0.4 is 5.32 Å². The average Bonchev–Trinajstić information content (AvgIpc) is 3.02. The Balaban J connectivity index is 1.99. The zero-order valence-electron chi connectivity index (χ0n) is 14.3. The van der Waals surface area contributed by atoms with Gasteiger partial charge in [0.1, 0.15) is 6.29 Å². The summed E-state index contributed by atoms with van der Waals surface area (Å²) in [5.74, 6) is -2.61. The highest BCUT2D eigenvalue weighted by Crippen LogP contribution is 2.36. The maximum Gasteiger partial charge on any atom is 0.334 e. The first-order chi connectivity index (χ1) is 12.6. The molecule has 0 saturated carbocycles. The van der Waals surface area contributed by atoms with Gasteiger partial charge in [0.2, 0.25) is 0 Å². The highest BCUT2D eigenvalue weighted by atomic mass is 16.4. The number of nitrogens with one attached hydrogen (secondary N) is 2. The highest BCUT2D eigenvalue weighted by molar-refractivity contribution is 5.88. The molecule has 0 radical (unpaired) electrons. The molecule has 1 aliphatic heterocycles. The largest absolute Gasteiger partial charge is 0.515 e. The molecule has 4 N–H and O–H groups in total. The van der Waals surface area contributed by atoms with Gasteiger partial charge >= 0.3 is 5.97 Å².